The second-order valence-corrected chi connectivity index (χ2v) is 4.21. The van der Waals surface area contributed by atoms with Gasteiger partial charge in [0.2, 0.25) is 0 Å². The molecule has 2 fully saturated rings. The van der Waals surface area contributed by atoms with Crippen LogP contribution >= 0.6 is 0 Å². The Bertz CT molecular complexity index is 182. The van der Waals surface area contributed by atoms with Crippen molar-refractivity contribution in [2.45, 2.75) is 12.1 Å². The van der Waals surface area contributed by atoms with Crippen LogP contribution in [-0.2, 0) is 9.47 Å². The zero-order valence-electron chi connectivity index (χ0n) is 9.02. The van der Waals surface area contributed by atoms with Crippen molar-refractivity contribution in [2.75, 3.05) is 52.6 Å². The van der Waals surface area contributed by atoms with Crippen molar-refractivity contribution in [2.24, 2.45) is 0 Å². The molecule has 2 aliphatic heterocycles. The Hall–Kier alpha value is -0.200. The van der Waals surface area contributed by atoms with Crippen molar-refractivity contribution < 1.29 is 14.6 Å². The zero-order valence-corrected chi connectivity index (χ0v) is 9.02. The van der Waals surface area contributed by atoms with Gasteiger partial charge in [-0.1, -0.05) is 0 Å². The summed E-state index contributed by atoms with van der Waals surface area (Å²) in [7, 11) is 0. The smallest absolute Gasteiger partial charge is 0.0791 e. The minimum atomic E-state index is -0.288. The van der Waals surface area contributed by atoms with Gasteiger partial charge < -0.3 is 19.9 Å². The summed E-state index contributed by atoms with van der Waals surface area (Å²) in [6.45, 7) is 6.41. The van der Waals surface area contributed by atoms with Crippen LogP contribution in [0.3, 0.4) is 0 Å². The van der Waals surface area contributed by atoms with E-state index >= 15 is 0 Å². The molecule has 1 atom stereocenters. The fourth-order valence-electron chi connectivity index (χ4n) is 1.80. The van der Waals surface area contributed by atoms with Gasteiger partial charge in [-0.15, -0.1) is 0 Å². The number of aliphatic hydroxyl groups excluding tert-OH is 1. The van der Waals surface area contributed by atoms with Gasteiger partial charge in [-0.2, -0.15) is 0 Å². The van der Waals surface area contributed by atoms with E-state index in [0.717, 1.165) is 46.1 Å². The number of hydrogen-bond acceptors (Lipinski definition) is 5. The first-order valence-electron chi connectivity index (χ1n) is 5.64. The quantitative estimate of drug-likeness (QED) is 0.596. The standard InChI is InChI=1S/C10H20N2O3/c13-10(5-11-9-7-15-8-9)6-12-1-3-14-4-2-12/h9-11,13H,1-8H2. The van der Waals surface area contributed by atoms with E-state index in [0.29, 0.717) is 12.6 Å². The summed E-state index contributed by atoms with van der Waals surface area (Å²) in [5, 5.41) is 13.1. The third-order valence-electron chi connectivity index (χ3n) is 2.85. The van der Waals surface area contributed by atoms with Crippen LogP contribution < -0.4 is 5.32 Å². The fourth-order valence-corrected chi connectivity index (χ4v) is 1.80. The summed E-state index contributed by atoms with van der Waals surface area (Å²) < 4.78 is 10.3. The number of aliphatic hydroxyl groups is 1. The molecule has 0 bridgehead atoms. The summed E-state index contributed by atoms with van der Waals surface area (Å²) in [6, 6.07) is 0.448. The number of nitrogens with one attached hydrogen (secondary N) is 1. The van der Waals surface area contributed by atoms with Crippen molar-refractivity contribution in [3.05, 3.63) is 0 Å². The van der Waals surface area contributed by atoms with Crippen LogP contribution in [0.25, 0.3) is 0 Å². The van der Waals surface area contributed by atoms with E-state index in [1.54, 1.807) is 0 Å². The molecule has 0 aromatic heterocycles. The Labute approximate surface area is 90.3 Å². The van der Waals surface area contributed by atoms with E-state index in [9.17, 15) is 5.11 Å². The number of hydrogen-bond donors (Lipinski definition) is 2. The summed E-state index contributed by atoms with van der Waals surface area (Å²) in [5.41, 5.74) is 0. The lowest BCUT2D eigenvalue weighted by molar-refractivity contribution is -0.0156. The van der Waals surface area contributed by atoms with Gasteiger partial charge in [0.15, 0.2) is 0 Å². The van der Waals surface area contributed by atoms with Crippen molar-refractivity contribution in [3.63, 3.8) is 0 Å². The van der Waals surface area contributed by atoms with E-state index in [1.165, 1.54) is 0 Å². The maximum absolute atomic E-state index is 9.78. The Morgan fingerprint density at radius 2 is 2.00 bits per heavy atom. The molecule has 2 N–H and O–H groups in total. The molecule has 2 saturated heterocycles. The van der Waals surface area contributed by atoms with Gasteiger partial charge in [0.1, 0.15) is 0 Å². The van der Waals surface area contributed by atoms with Gasteiger partial charge in [-0.05, 0) is 0 Å². The van der Waals surface area contributed by atoms with E-state index in [-0.39, 0.29) is 6.10 Å². The molecule has 0 saturated carbocycles. The van der Waals surface area contributed by atoms with Crippen LogP contribution in [0.4, 0.5) is 0 Å². The Morgan fingerprint density at radius 1 is 1.27 bits per heavy atom. The predicted molar refractivity (Wildman–Crippen MR) is 55.9 cm³/mol. The van der Waals surface area contributed by atoms with E-state index < -0.39 is 0 Å². The average Bonchev–Trinajstić information content (AvgIpc) is 2.17. The summed E-state index contributed by atoms with van der Waals surface area (Å²) in [6.07, 6.45) is -0.288. The average molecular weight is 216 g/mol. The Morgan fingerprint density at radius 3 is 2.60 bits per heavy atom. The molecule has 15 heavy (non-hydrogen) atoms. The van der Waals surface area contributed by atoms with Crippen LogP contribution in [0.15, 0.2) is 0 Å². The molecule has 1 unspecified atom stereocenters. The first-order chi connectivity index (χ1) is 7.34. The second kappa shape index (κ2) is 5.77. The molecule has 0 amide bonds. The molecule has 2 aliphatic rings. The van der Waals surface area contributed by atoms with Crippen LogP contribution in [0.1, 0.15) is 0 Å². The lowest BCUT2D eigenvalue weighted by atomic mass is 10.2. The number of rotatable bonds is 5. The van der Waals surface area contributed by atoms with Crippen LogP contribution in [0, 0.1) is 0 Å². The fraction of sp³-hybridized carbons (Fsp3) is 1.00. The molecule has 0 aromatic rings. The maximum atomic E-state index is 9.78. The van der Waals surface area contributed by atoms with Crippen LogP contribution in [0.2, 0.25) is 0 Å². The van der Waals surface area contributed by atoms with Gasteiger partial charge >= 0.3 is 0 Å². The monoisotopic (exact) mass is 216 g/mol. The molecule has 2 heterocycles. The third kappa shape index (κ3) is 3.70. The summed E-state index contributed by atoms with van der Waals surface area (Å²) >= 11 is 0. The SMILES string of the molecule is OC(CNC1COC1)CN1CCOCC1. The lowest BCUT2D eigenvalue weighted by Gasteiger charge is -2.31. The largest absolute Gasteiger partial charge is 0.390 e. The van der Waals surface area contributed by atoms with Gasteiger partial charge in [-0.3, -0.25) is 4.90 Å². The second-order valence-electron chi connectivity index (χ2n) is 4.21. The maximum Gasteiger partial charge on any atom is 0.0791 e. The molecule has 0 radical (unpaired) electrons. The minimum Gasteiger partial charge on any atom is -0.390 e. The Balaban J connectivity index is 1.56. The third-order valence-corrected chi connectivity index (χ3v) is 2.85. The molecule has 88 valence electrons. The highest BCUT2D eigenvalue weighted by Crippen LogP contribution is 2.01. The van der Waals surface area contributed by atoms with Gasteiger partial charge in [-0.25, -0.2) is 0 Å². The number of morpholine rings is 1. The normalized spacial score (nSPS) is 26.2. The van der Waals surface area contributed by atoms with Crippen molar-refractivity contribution in [1.82, 2.24) is 10.2 Å². The molecule has 0 aliphatic carbocycles. The molecular formula is C10H20N2O3. The molecule has 5 nitrogen and oxygen atoms in total. The number of ether oxygens (including phenoxy) is 2. The molecule has 2 rings (SSSR count). The van der Waals surface area contributed by atoms with Gasteiger partial charge in [0.05, 0.1) is 38.6 Å². The van der Waals surface area contributed by atoms with Crippen molar-refractivity contribution >= 4 is 0 Å². The van der Waals surface area contributed by atoms with Crippen LogP contribution in [-0.4, -0.2) is 74.8 Å². The highest BCUT2D eigenvalue weighted by Gasteiger charge is 2.20. The molecule has 0 spiro atoms. The molecule has 0 aromatic carbocycles. The zero-order chi connectivity index (χ0) is 10.5. The first kappa shape index (κ1) is 11.3. The summed E-state index contributed by atoms with van der Waals surface area (Å²) in [4.78, 5) is 2.24. The summed E-state index contributed by atoms with van der Waals surface area (Å²) in [5.74, 6) is 0. The predicted octanol–water partition coefficient (Wildman–Crippen LogP) is -1.33. The van der Waals surface area contributed by atoms with Gasteiger partial charge in [0, 0.05) is 26.2 Å². The van der Waals surface area contributed by atoms with Crippen molar-refractivity contribution in [1.29, 1.82) is 0 Å². The lowest BCUT2D eigenvalue weighted by Crippen LogP contribution is -2.50. The van der Waals surface area contributed by atoms with E-state index in [4.69, 9.17) is 9.47 Å². The number of β-amino-alcohol motifs (C(OH)–C–C–N with tert-alkyl or cyclic N) is 1. The Kier molecular flexibility index (Phi) is 4.34. The molecule has 5 heteroatoms. The number of nitrogens with zero attached hydrogens (tertiary/aromatic N) is 1. The van der Waals surface area contributed by atoms with E-state index in [2.05, 4.69) is 10.2 Å². The van der Waals surface area contributed by atoms with Crippen LogP contribution in [0.5, 0.6) is 0 Å². The highest BCUT2D eigenvalue weighted by atomic mass is 16.5. The molecular weight excluding hydrogens is 196 g/mol. The van der Waals surface area contributed by atoms with Crippen molar-refractivity contribution in [3.8, 4) is 0 Å². The highest BCUT2D eigenvalue weighted by molar-refractivity contribution is 4.76. The van der Waals surface area contributed by atoms with Gasteiger partial charge in [0.25, 0.3) is 0 Å². The first-order valence-corrected chi connectivity index (χ1v) is 5.64. The van der Waals surface area contributed by atoms with E-state index in [1.807, 2.05) is 0 Å². The topological polar surface area (TPSA) is 54.0 Å². The minimum absolute atomic E-state index is 0.288.